The number of pyridine rings is 2. The summed E-state index contributed by atoms with van der Waals surface area (Å²) in [6, 6.07) is 8.53. The number of aromatic nitrogens is 4. The number of hydrogen-bond acceptors (Lipinski definition) is 6. The van der Waals surface area contributed by atoms with Gasteiger partial charge in [-0.2, -0.15) is 5.10 Å². The molecule has 11 heteroatoms. The number of nitrogens with zero attached hydrogens (tertiary/aromatic N) is 5. The van der Waals surface area contributed by atoms with E-state index in [0.29, 0.717) is 25.5 Å². The van der Waals surface area contributed by atoms with Crippen LogP contribution in [0.25, 0.3) is 16.6 Å². The summed E-state index contributed by atoms with van der Waals surface area (Å²) < 4.78 is 35.8. The number of fused-ring (bicyclic) bond motifs is 1. The molecule has 192 valence electrons. The molecule has 1 saturated heterocycles. The lowest BCUT2D eigenvalue weighted by Crippen LogP contribution is -2.45. The van der Waals surface area contributed by atoms with E-state index in [-0.39, 0.29) is 24.3 Å². The molecule has 0 unspecified atom stereocenters. The number of aryl methyl sites for hydroxylation is 1. The van der Waals surface area contributed by atoms with E-state index in [1.807, 2.05) is 30.9 Å². The molecule has 5 rings (SSSR count). The summed E-state index contributed by atoms with van der Waals surface area (Å²) in [5, 5.41) is 10.9. The summed E-state index contributed by atoms with van der Waals surface area (Å²) in [4.78, 5) is 23.3. The lowest BCUT2D eigenvalue weighted by molar-refractivity contribution is 0.0549. The van der Waals surface area contributed by atoms with Gasteiger partial charge in [0.05, 0.1) is 35.7 Å². The molecule has 0 saturated carbocycles. The van der Waals surface area contributed by atoms with Crippen LogP contribution in [-0.2, 0) is 11.3 Å². The Kier molecular flexibility index (Phi) is 7.06. The molecule has 2 atom stereocenters. The monoisotopic (exact) mass is 507 g/mol. The summed E-state index contributed by atoms with van der Waals surface area (Å²) in [6.45, 7) is 5.13. The molecule has 0 aliphatic carbocycles. The largest absolute Gasteiger partial charge is 0.375 e. The molecule has 37 heavy (non-hydrogen) atoms. The fourth-order valence-corrected chi connectivity index (χ4v) is 4.59. The van der Waals surface area contributed by atoms with E-state index in [1.54, 1.807) is 29.3 Å². The molecule has 3 aromatic heterocycles. The predicted octanol–water partition coefficient (Wildman–Crippen LogP) is 3.81. The van der Waals surface area contributed by atoms with Gasteiger partial charge in [-0.3, -0.25) is 15.2 Å². The second-order valence-corrected chi connectivity index (χ2v) is 8.93. The topological polar surface area (TPSA) is 97.2 Å². The molecule has 4 heterocycles. The van der Waals surface area contributed by atoms with E-state index in [1.165, 1.54) is 18.2 Å². The molecule has 1 aliphatic rings. The lowest BCUT2D eigenvalue weighted by atomic mass is 10.2. The van der Waals surface area contributed by atoms with Crippen LogP contribution in [0.2, 0.25) is 0 Å². The predicted molar refractivity (Wildman–Crippen MR) is 134 cm³/mol. The molecular weight excluding hydrogens is 480 g/mol. The zero-order valence-electron chi connectivity index (χ0n) is 20.5. The van der Waals surface area contributed by atoms with Crippen LogP contribution in [0.3, 0.4) is 0 Å². The van der Waals surface area contributed by atoms with Crippen LogP contribution in [0.5, 0.6) is 0 Å². The maximum atomic E-state index is 14.1. The van der Waals surface area contributed by atoms with Crippen molar-refractivity contribution in [1.29, 1.82) is 0 Å². The molecule has 1 aliphatic heterocycles. The van der Waals surface area contributed by atoms with Gasteiger partial charge >= 0.3 is 6.03 Å². The summed E-state index contributed by atoms with van der Waals surface area (Å²) in [5.74, 6) is -0.816. The molecular formula is C26H27F2N7O2. The number of likely N-dealkylation sites (tertiary alicyclic amines) is 1. The number of ether oxygens (including phenoxy) is 1. The van der Waals surface area contributed by atoms with Gasteiger partial charge in [0.1, 0.15) is 17.5 Å². The highest BCUT2D eigenvalue weighted by Crippen LogP contribution is 2.22. The second-order valence-electron chi connectivity index (χ2n) is 8.93. The van der Waals surface area contributed by atoms with Gasteiger partial charge in [0.25, 0.3) is 0 Å². The van der Waals surface area contributed by atoms with Crippen molar-refractivity contribution in [2.24, 2.45) is 0 Å². The summed E-state index contributed by atoms with van der Waals surface area (Å²) in [5.41, 5.74) is 2.53. The van der Waals surface area contributed by atoms with E-state index in [2.05, 4.69) is 25.7 Å². The Balaban J connectivity index is 1.25. The Hall–Kier alpha value is -3.96. The number of rotatable bonds is 7. The van der Waals surface area contributed by atoms with Crippen LogP contribution in [-0.4, -0.2) is 62.5 Å². The van der Waals surface area contributed by atoms with Crippen LogP contribution in [0, 0.1) is 18.6 Å². The van der Waals surface area contributed by atoms with E-state index in [9.17, 15) is 13.6 Å². The van der Waals surface area contributed by atoms with Gasteiger partial charge in [-0.25, -0.2) is 23.2 Å². The van der Waals surface area contributed by atoms with Crippen molar-refractivity contribution in [3.63, 3.8) is 0 Å². The third kappa shape index (κ3) is 5.42. The van der Waals surface area contributed by atoms with Crippen molar-refractivity contribution >= 4 is 22.8 Å². The van der Waals surface area contributed by atoms with Crippen LogP contribution in [0.15, 0.2) is 55.0 Å². The zero-order valence-corrected chi connectivity index (χ0v) is 20.5. The van der Waals surface area contributed by atoms with Crippen LogP contribution < -0.4 is 10.6 Å². The number of carbonyl (C=O) groups is 1. The number of halogens is 2. The minimum absolute atomic E-state index is 0.00262. The maximum Gasteiger partial charge on any atom is 0.320 e. The van der Waals surface area contributed by atoms with Crippen molar-refractivity contribution in [3.05, 3.63) is 77.9 Å². The number of nitrogens with one attached hydrogen (secondary N) is 2. The molecule has 0 radical (unpaired) electrons. The number of urea groups is 1. The number of carbonyl (C=O) groups excluding carboxylic acids is 1. The van der Waals surface area contributed by atoms with Crippen LogP contribution in [0.4, 0.5) is 19.4 Å². The van der Waals surface area contributed by atoms with Gasteiger partial charge < -0.3 is 10.1 Å². The molecule has 1 fully saturated rings. The first-order chi connectivity index (χ1) is 17.9. The highest BCUT2D eigenvalue weighted by Gasteiger charge is 2.35. The van der Waals surface area contributed by atoms with Gasteiger partial charge in [-0.05, 0) is 44.2 Å². The van der Waals surface area contributed by atoms with Crippen molar-refractivity contribution in [2.45, 2.75) is 32.5 Å². The van der Waals surface area contributed by atoms with Crippen LogP contribution in [0.1, 0.15) is 18.2 Å². The van der Waals surface area contributed by atoms with E-state index in [0.717, 1.165) is 22.3 Å². The number of amides is 2. The molecule has 0 spiro atoms. The van der Waals surface area contributed by atoms with Gasteiger partial charge in [0.15, 0.2) is 0 Å². The second kappa shape index (κ2) is 10.6. The summed E-state index contributed by atoms with van der Waals surface area (Å²) >= 11 is 0. The fraction of sp³-hybridized carbons (Fsp3) is 0.308. The van der Waals surface area contributed by atoms with Crippen molar-refractivity contribution in [1.82, 2.24) is 30.0 Å². The Morgan fingerprint density at radius 2 is 1.95 bits per heavy atom. The molecule has 4 aromatic rings. The Labute approximate surface area is 212 Å². The quantitative estimate of drug-likeness (QED) is 0.395. The van der Waals surface area contributed by atoms with Gasteiger partial charge in [0, 0.05) is 49.1 Å². The summed E-state index contributed by atoms with van der Waals surface area (Å²) in [6.07, 6.45) is 4.76. The van der Waals surface area contributed by atoms with E-state index >= 15 is 0 Å². The molecule has 9 nitrogen and oxygen atoms in total. The van der Waals surface area contributed by atoms with E-state index < -0.39 is 17.7 Å². The molecule has 2 N–H and O–H groups in total. The Morgan fingerprint density at radius 1 is 1.14 bits per heavy atom. The van der Waals surface area contributed by atoms with Crippen molar-refractivity contribution in [3.8, 4) is 5.69 Å². The number of anilines is 1. The average molecular weight is 508 g/mol. The third-order valence-electron chi connectivity index (χ3n) is 6.30. The molecule has 1 aromatic carbocycles. The van der Waals surface area contributed by atoms with Gasteiger partial charge in [0.2, 0.25) is 0 Å². The third-order valence-corrected chi connectivity index (χ3v) is 6.30. The number of benzene rings is 1. The summed E-state index contributed by atoms with van der Waals surface area (Å²) in [7, 11) is 0. The fourth-order valence-electron chi connectivity index (χ4n) is 4.59. The first-order valence-corrected chi connectivity index (χ1v) is 12.0. The molecule has 0 bridgehead atoms. The Morgan fingerprint density at radius 3 is 2.70 bits per heavy atom. The standard InChI is InChI=1S/C26H27F2N7O2/c1-3-37-24-15-34(13-19-20(27)5-4-6-21(19)28)14-22(24)32-26(36)33-25-10-17-11-31-35(23(17)12-30-25)18-7-8-29-16(2)9-18/h4-12,22,24H,3,13-15H2,1-2H3,(H2,30,32,33,36)/t22-,24-/m0/s1. The number of hydrogen-bond donors (Lipinski definition) is 2. The smallest absolute Gasteiger partial charge is 0.320 e. The van der Waals surface area contributed by atoms with Gasteiger partial charge in [-0.1, -0.05) is 6.07 Å². The van der Waals surface area contributed by atoms with E-state index in [4.69, 9.17) is 4.74 Å². The molecule has 2 amide bonds. The highest BCUT2D eigenvalue weighted by molar-refractivity contribution is 5.91. The lowest BCUT2D eigenvalue weighted by Gasteiger charge is -2.19. The van der Waals surface area contributed by atoms with Crippen molar-refractivity contribution < 1.29 is 18.3 Å². The first kappa shape index (κ1) is 24.7. The van der Waals surface area contributed by atoms with Crippen LogP contribution >= 0.6 is 0 Å². The van der Waals surface area contributed by atoms with Crippen molar-refractivity contribution in [2.75, 3.05) is 25.0 Å². The normalized spacial score (nSPS) is 17.8. The SMILES string of the molecule is CCO[C@H]1CN(Cc2c(F)cccc2F)C[C@@H]1NC(=O)Nc1cc2cnn(-c3ccnc(C)c3)c2cn1. The zero-order chi connectivity index (χ0) is 25.9. The first-order valence-electron chi connectivity index (χ1n) is 12.0. The average Bonchev–Trinajstić information content (AvgIpc) is 3.45. The van der Waals surface area contributed by atoms with Gasteiger partial charge in [-0.15, -0.1) is 0 Å². The maximum absolute atomic E-state index is 14.1. The minimum atomic E-state index is -0.592. The Bertz CT molecular complexity index is 1410. The highest BCUT2D eigenvalue weighted by atomic mass is 19.1. The minimum Gasteiger partial charge on any atom is -0.375 e.